The van der Waals surface area contributed by atoms with E-state index in [1.165, 1.54) is 18.2 Å². The third kappa shape index (κ3) is 4.94. The van der Waals surface area contributed by atoms with Crippen molar-refractivity contribution in [3.8, 4) is 0 Å². The molecule has 27 heavy (non-hydrogen) atoms. The van der Waals surface area contributed by atoms with E-state index < -0.39 is 35.1 Å². The Morgan fingerprint density at radius 3 is 2.41 bits per heavy atom. The fourth-order valence-electron chi connectivity index (χ4n) is 2.47. The van der Waals surface area contributed by atoms with Gasteiger partial charge in [-0.2, -0.15) is 13.2 Å². The quantitative estimate of drug-likeness (QED) is 0.675. The van der Waals surface area contributed by atoms with Crippen LogP contribution >= 0.6 is 11.6 Å². The Morgan fingerprint density at radius 2 is 1.85 bits per heavy atom. The largest absolute Gasteiger partial charge is 0.417 e. The number of rotatable bonds is 5. The second kappa shape index (κ2) is 7.80. The highest BCUT2D eigenvalue weighted by molar-refractivity contribution is 6.31. The number of nitrogens with zero attached hydrogens (tertiary/aromatic N) is 1. The normalized spacial score (nSPS) is 12.3. The molecule has 0 unspecified atom stereocenters. The number of halogens is 6. The number of benzene rings is 1. The van der Waals surface area contributed by atoms with Crippen LogP contribution in [0.1, 0.15) is 47.5 Å². The van der Waals surface area contributed by atoms with E-state index in [1.807, 2.05) is 0 Å². The van der Waals surface area contributed by atoms with Gasteiger partial charge in [0.2, 0.25) is 0 Å². The van der Waals surface area contributed by atoms with Gasteiger partial charge in [0.1, 0.15) is 0 Å². The van der Waals surface area contributed by atoms with Crippen LogP contribution in [0.15, 0.2) is 36.5 Å². The lowest BCUT2D eigenvalue weighted by Gasteiger charge is -2.26. The molecule has 0 atom stereocenters. The highest BCUT2D eigenvalue weighted by Gasteiger charge is 2.34. The Morgan fingerprint density at radius 1 is 1.22 bits per heavy atom. The van der Waals surface area contributed by atoms with Crippen molar-refractivity contribution >= 4 is 17.5 Å². The third-order valence-electron chi connectivity index (χ3n) is 3.94. The smallest absolute Gasteiger partial charge is 0.351 e. The summed E-state index contributed by atoms with van der Waals surface area (Å²) in [6.07, 6.45) is -6.73. The molecule has 9 heteroatoms. The number of alkyl halides is 5. The van der Waals surface area contributed by atoms with Gasteiger partial charge in [-0.1, -0.05) is 43.6 Å². The molecule has 1 heterocycles. The van der Waals surface area contributed by atoms with Gasteiger partial charge in [0, 0.05) is 29.3 Å². The van der Waals surface area contributed by atoms with Crippen molar-refractivity contribution in [2.24, 2.45) is 0 Å². The zero-order chi connectivity index (χ0) is 20.4. The number of amides is 1. The zero-order valence-corrected chi connectivity index (χ0v) is 15.1. The van der Waals surface area contributed by atoms with Gasteiger partial charge in [-0.25, -0.2) is 8.78 Å². The van der Waals surface area contributed by atoms with Gasteiger partial charge in [0.05, 0.1) is 16.3 Å². The number of nitrogens with one attached hydrogen (secondary N) is 1. The fourth-order valence-corrected chi connectivity index (χ4v) is 2.89. The van der Waals surface area contributed by atoms with Gasteiger partial charge in [-0.15, -0.1) is 0 Å². The molecule has 0 fully saturated rings. The summed E-state index contributed by atoms with van der Waals surface area (Å²) in [4.78, 5) is 16.1. The number of carbonyl (C=O) groups is 1. The Hall–Kier alpha value is -2.22. The first-order chi connectivity index (χ1) is 12.4. The van der Waals surface area contributed by atoms with E-state index in [9.17, 15) is 26.7 Å². The number of carbonyl (C=O) groups excluding carboxylic acids is 1. The lowest BCUT2D eigenvalue weighted by Crippen LogP contribution is -2.38. The molecule has 0 aliphatic rings. The Labute approximate surface area is 157 Å². The van der Waals surface area contributed by atoms with Crippen LogP contribution in [0.25, 0.3) is 0 Å². The molecule has 2 aromatic rings. The van der Waals surface area contributed by atoms with Crippen LogP contribution < -0.4 is 5.32 Å². The molecule has 0 radical (unpaired) electrons. The Bertz CT molecular complexity index is 837. The van der Waals surface area contributed by atoms with E-state index in [4.69, 9.17) is 11.6 Å². The van der Waals surface area contributed by atoms with Gasteiger partial charge < -0.3 is 5.32 Å². The van der Waals surface area contributed by atoms with Gasteiger partial charge in [-0.3, -0.25) is 9.78 Å². The van der Waals surface area contributed by atoms with Gasteiger partial charge in [0.25, 0.3) is 12.3 Å². The summed E-state index contributed by atoms with van der Waals surface area (Å²) in [7, 11) is 0. The standard InChI is InChI=1S/C18H16ClF5N2O/c1-17(2,14-13(19)7-10(8-25-14)18(22,23)24)9-26-16(27)12-6-4-3-5-11(12)15(20)21/h3-8,15H,9H2,1-2H3,(H,26,27). The first kappa shape index (κ1) is 21.1. The number of pyridine rings is 1. The van der Waals surface area contributed by atoms with Crippen molar-refractivity contribution < 1.29 is 26.7 Å². The van der Waals surface area contributed by atoms with E-state index in [0.29, 0.717) is 6.20 Å². The lowest BCUT2D eigenvalue weighted by molar-refractivity contribution is -0.137. The molecule has 2 rings (SSSR count). The molecule has 0 saturated heterocycles. The summed E-state index contributed by atoms with van der Waals surface area (Å²) in [6, 6.07) is 6.04. The van der Waals surface area contributed by atoms with Gasteiger partial charge in [0.15, 0.2) is 0 Å². The fraction of sp³-hybridized carbons (Fsp3) is 0.333. The predicted octanol–water partition coefficient (Wildman–Crippen LogP) is 5.40. The minimum atomic E-state index is -4.58. The van der Waals surface area contributed by atoms with E-state index >= 15 is 0 Å². The first-order valence-corrected chi connectivity index (χ1v) is 8.20. The van der Waals surface area contributed by atoms with Crippen molar-refractivity contribution in [3.05, 3.63) is 63.9 Å². The minimum absolute atomic E-state index is 0.0680. The van der Waals surface area contributed by atoms with Crippen LogP contribution in [-0.2, 0) is 11.6 Å². The average molecular weight is 407 g/mol. The summed E-state index contributed by atoms with van der Waals surface area (Å²) in [6.45, 7) is 3.17. The lowest BCUT2D eigenvalue weighted by atomic mass is 9.88. The molecule has 0 spiro atoms. The summed E-state index contributed by atoms with van der Waals surface area (Å²) < 4.78 is 64.2. The molecule has 0 aliphatic carbocycles. The van der Waals surface area contributed by atoms with Crippen LogP contribution in [0.5, 0.6) is 0 Å². The SMILES string of the molecule is CC(C)(CNC(=O)c1ccccc1C(F)F)c1ncc(C(F)(F)F)cc1Cl. The van der Waals surface area contributed by atoms with E-state index in [-0.39, 0.29) is 22.8 Å². The predicted molar refractivity (Wildman–Crippen MR) is 91.0 cm³/mol. The number of hydrogen-bond donors (Lipinski definition) is 1. The maximum absolute atomic E-state index is 13.0. The Kier molecular flexibility index (Phi) is 6.09. The average Bonchev–Trinajstić information content (AvgIpc) is 2.58. The molecule has 1 N–H and O–H groups in total. The number of hydrogen-bond acceptors (Lipinski definition) is 2. The summed E-state index contributed by atoms with van der Waals surface area (Å²) >= 11 is 5.94. The van der Waals surface area contributed by atoms with Crippen molar-refractivity contribution in [3.63, 3.8) is 0 Å². The number of aromatic nitrogens is 1. The molecule has 0 aliphatic heterocycles. The summed E-state index contributed by atoms with van der Waals surface area (Å²) in [5.41, 5.74) is -2.34. The first-order valence-electron chi connectivity index (χ1n) is 7.82. The maximum Gasteiger partial charge on any atom is 0.417 e. The zero-order valence-electron chi connectivity index (χ0n) is 14.4. The molecule has 0 bridgehead atoms. The molecular formula is C18H16ClF5N2O. The van der Waals surface area contributed by atoms with Crippen molar-refractivity contribution in [1.29, 1.82) is 0 Å². The Balaban J connectivity index is 2.19. The molecule has 1 amide bonds. The van der Waals surface area contributed by atoms with Crippen molar-refractivity contribution in [1.82, 2.24) is 10.3 Å². The van der Waals surface area contributed by atoms with Crippen LogP contribution in [0.3, 0.4) is 0 Å². The van der Waals surface area contributed by atoms with Crippen molar-refractivity contribution in [2.45, 2.75) is 31.9 Å². The van der Waals surface area contributed by atoms with Crippen LogP contribution in [0.2, 0.25) is 5.02 Å². The van der Waals surface area contributed by atoms with Crippen LogP contribution in [-0.4, -0.2) is 17.4 Å². The monoisotopic (exact) mass is 406 g/mol. The highest BCUT2D eigenvalue weighted by atomic mass is 35.5. The van der Waals surface area contributed by atoms with E-state index in [2.05, 4.69) is 10.3 Å². The highest BCUT2D eigenvalue weighted by Crippen LogP contribution is 2.34. The summed E-state index contributed by atoms with van der Waals surface area (Å²) in [5.74, 6) is -0.720. The maximum atomic E-state index is 13.0. The molecule has 1 aromatic carbocycles. The molecular weight excluding hydrogens is 391 g/mol. The van der Waals surface area contributed by atoms with E-state index in [0.717, 1.165) is 12.1 Å². The van der Waals surface area contributed by atoms with Crippen LogP contribution in [0, 0.1) is 0 Å². The molecule has 146 valence electrons. The summed E-state index contributed by atoms with van der Waals surface area (Å²) in [5, 5.41) is 2.31. The van der Waals surface area contributed by atoms with Gasteiger partial charge >= 0.3 is 6.18 Å². The third-order valence-corrected chi connectivity index (χ3v) is 4.23. The minimum Gasteiger partial charge on any atom is -0.351 e. The second-order valence-corrected chi connectivity index (χ2v) is 6.91. The van der Waals surface area contributed by atoms with Gasteiger partial charge in [-0.05, 0) is 12.1 Å². The topological polar surface area (TPSA) is 42.0 Å². The molecule has 3 nitrogen and oxygen atoms in total. The molecule has 1 aromatic heterocycles. The van der Waals surface area contributed by atoms with Crippen LogP contribution in [0.4, 0.5) is 22.0 Å². The molecule has 0 saturated carbocycles. The van der Waals surface area contributed by atoms with Crippen molar-refractivity contribution in [2.75, 3.05) is 6.54 Å². The van der Waals surface area contributed by atoms with E-state index in [1.54, 1.807) is 13.8 Å². The second-order valence-electron chi connectivity index (χ2n) is 6.51.